The van der Waals surface area contributed by atoms with E-state index < -0.39 is 5.97 Å². The van der Waals surface area contributed by atoms with E-state index in [1.54, 1.807) is 13.3 Å². The summed E-state index contributed by atoms with van der Waals surface area (Å²) in [4.78, 5) is 18.1. The first kappa shape index (κ1) is 18.8. The van der Waals surface area contributed by atoms with Crippen molar-refractivity contribution in [3.8, 4) is 17.0 Å². The van der Waals surface area contributed by atoms with Gasteiger partial charge in [-0.2, -0.15) is 0 Å². The van der Waals surface area contributed by atoms with Crippen LogP contribution in [0.2, 0.25) is 0 Å². The van der Waals surface area contributed by atoms with Crippen molar-refractivity contribution in [3.05, 3.63) is 66.9 Å². The minimum absolute atomic E-state index is 0.0477. The Morgan fingerprint density at radius 1 is 1.11 bits per heavy atom. The number of anilines is 2. The quantitative estimate of drug-likeness (QED) is 0.600. The zero-order valence-corrected chi connectivity index (χ0v) is 15.9. The summed E-state index contributed by atoms with van der Waals surface area (Å²) in [6, 6.07) is 19.9. The number of carboxylic acids is 1. The maximum absolute atomic E-state index is 10.7. The Labute approximate surface area is 162 Å². The maximum atomic E-state index is 10.7. The van der Waals surface area contributed by atoms with Crippen LogP contribution < -0.4 is 9.64 Å². The molecule has 1 aromatic heterocycles. The summed E-state index contributed by atoms with van der Waals surface area (Å²) in [6.07, 6.45) is 1.80. The van der Waals surface area contributed by atoms with E-state index in [0.717, 1.165) is 27.4 Å². The average Bonchev–Trinajstić information content (AvgIpc) is 2.72. The molecule has 27 heavy (non-hydrogen) atoms. The number of carboxylic acid groups (broad SMARTS) is 1. The van der Waals surface area contributed by atoms with Gasteiger partial charge in [0, 0.05) is 29.4 Å². The van der Waals surface area contributed by atoms with E-state index in [4.69, 9.17) is 9.84 Å². The SMILES string of the molecule is COc1ncc(-c2ccccc2)cc1N(C)c1ccc(SCC(=O)O)cc1. The predicted octanol–water partition coefficient (Wildman–Crippen LogP) is 4.70. The van der Waals surface area contributed by atoms with Crippen molar-refractivity contribution < 1.29 is 14.6 Å². The summed E-state index contributed by atoms with van der Waals surface area (Å²) >= 11 is 1.30. The van der Waals surface area contributed by atoms with Gasteiger partial charge in [0.15, 0.2) is 0 Å². The molecule has 3 aromatic rings. The van der Waals surface area contributed by atoms with Gasteiger partial charge in [0.1, 0.15) is 5.69 Å². The summed E-state index contributed by atoms with van der Waals surface area (Å²) in [6.45, 7) is 0. The molecular weight excluding hydrogens is 360 g/mol. The molecule has 0 amide bonds. The summed E-state index contributed by atoms with van der Waals surface area (Å²) in [5.41, 5.74) is 3.90. The molecule has 0 spiro atoms. The van der Waals surface area contributed by atoms with E-state index in [9.17, 15) is 4.79 Å². The Morgan fingerprint density at radius 3 is 2.44 bits per heavy atom. The van der Waals surface area contributed by atoms with Gasteiger partial charge >= 0.3 is 5.97 Å². The molecule has 0 unspecified atom stereocenters. The molecule has 0 aliphatic heterocycles. The number of thioether (sulfide) groups is 1. The van der Waals surface area contributed by atoms with Crippen molar-refractivity contribution in [1.82, 2.24) is 4.98 Å². The Morgan fingerprint density at radius 2 is 1.81 bits per heavy atom. The number of benzene rings is 2. The predicted molar refractivity (Wildman–Crippen MR) is 109 cm³/mol. The zero-order chi connectivity index (χ0) is 19.2. The van der Waals surface area contributed by atoms with Crippen molar-refractivity contribution >= 4 is 29.1 Å². The molecule has 0 fully saturated rings. The number of hydrogen-bond acceptors (Lipinski definition) is 5. The van der Waals surface area contributed by atoms with Gasteiger partial charge in [0.2, 0.25) is 5.88 Å². The van der Waals surface area contributed by atoms with E-state index >= 15 is 0 Å². The first-order valence-electron chi connectivity index (χ1n) is 8.36. The van der Waals surface area contributed by atoms with E-state index in [-0.39, 0.29) is 5.75 Å². The van der Waals surface area contributed by atoms with Crippen LogP contribution in [0.25, 0.3) is 11.1 Å². The number of carbonyl (C=O) groups is 1. The van der Waals surface area contributed by atoms with Gasteiger partial charge in [-0.15, -0.1) is 11.8 Å². The zero-order valence-electron chi connectivity index (χ0n) is 15.1. The van der Waals surface area contributed by atoms with Crippen LogP contribution in [0.4, 0.5) is 11.4 Å². The monoisotopic (exact) mass is 380 g/mol. The molecular formula is C21H20N2O3S. The highest BCUT2D eigenvalue weighted by atomic mass is 32.2. The molecule has 138 valence electrons. The molecule has 0 aliphatic rings. The highest BCUT2D eigenvalue weighted by Crippen LogP contribution is 2.35. The van der Waals surface area contributed by atoms with E-state index in [1.807, 2.05) is 72.6 Å². The normalized spacial score (nSPS) is 10.4. The van der Waals surface area contributed by atoms with Crippen LogP contribution in [-0.2, 0) is 4.79 Å². The number of hydrogen-bond donors (Lipinski definition) is 1. The van der Waals surface area contributed by atoms with Crippen LogP contribution in [0.3, 0.4) is 0 Å². The molecule has 3 rings (SSSR count). The third-order valence-electron chi connectivity index (χ3n) is 4.08. The van der Waals surface area contributed by atoms with Crippen molar-refractivity contribution in [2.45, 2.75) is 4.90 Å². The van der Waals surface area contributed by atoms with Crippen LogP contribution >= 0.6 is 11.8 Å². The van der Waals surface area contributed by atoms with Gasteiger partial charge in [-0.1, -0.05) is 30.3 Å². The number of nitrogens with zero attached hydrogens (tertiary/aromatic N) is 2. The molecule has 5 nitrogen and oxygen atoms in total. The summed E-state index contributed by atoms with van der Waals surface area (Å²) in [7, 11) is 3.56. The highest BCUT2D eigenvalue weighted by Gasteiger charge is 2.13. The number of aromatic nitrogens is 1. The summed E-state index contributed by atoms with van der Waals surface area (Å²) in [5.74, 6) is -0.234. The lowest BCUT2D eigenvalue weighted by molar-refractivity contribution is -0.133. The van der Waals surface area contributed by atoms with Gasteiger partial charge in [0.05, 0.1) is 12.9 Å². The second-order valence-electron chi connectivity index (χ2n) is 5.85. The maximum Gasteiger partial charge on any atom is 0.313 e. The molecule has 2 aromatic carbocycles. The van der Waals surface area contributed by atoms with Gasteiger partial charge in [-0.25, -0.2) is 4.98 Å². The Bertz CT molecular complexity index is 914. The summed E-state index contributed by atoms with van der Waals surface area (Å²) in [5, 5.41) is 8.79. The van der Waals surface area contributed by atoms with Crippen molar-refractivity contribution in [1.29, 1.82) is 0 Å². The Balaban J connectivity index is 1.89. The Hall–Kier alpha value is -2.99. The number of ether oxygens (including phenoxy) is 1. The van der Waals surface area contributed by atoms with Gasteiger partial charge < -0.3 is 14.7 Å². The topological polar surface area (TPSA) is 62.7 Å². The van der Waals surface area contributed by atoms with Crippen molar-refractivity contribution in [3.63, 3.8) is 0 Å². The first-order chi connectivity index (χ1) is 13.1. The van der Waals surface area contributed by atoms with Crippen LogP contribution in [0.15, 0.2) is 71.8 Å². The third kappa shape index (κ3) is 4.60. The molecule has 0 saturated carbocycles. The molecule has 0 aliphatic carbocycles. The second kappa shape index (κ2) is 8.60. The van der Waals surface area contributed by atoms with Crippen LogP contribution in [0, 0.1) is 0 Å². The fraction of sp³-hybridized carbons (Fsp3) is 0.143. The van der Waals surface area contributed by atoms with Crippen LogP contribution in [0.1, 0.15) is 0 Å². The number of rotatable bonds is 7. The van der Waals surface area contributed by atoms with Crippen molar-refractivity contribution in [2.24, 2.45) is 0 Å². The fourth-order valence-corrected chi connectivity index (χ4v) is 3.30. The fourth-order valence-electron chi connectivity index (χ4n) is 2.68. The van der Waals surface area contributed by atoms with Crippen LogP contribution in [-0.4, -0.2) is 36.0 Å². The molecule has 0 atom stereocenters. The lowest BCUT2D eigenvalue weighted by Crippen LogP contribution is -2.11. The molecule has 1 N–H and O–H groups in total. The number of pyridine rings is 1. The second-order valence-corrected chi connectivity index (χ2v) is 6.90. The standard InChI is InChI=1S/C21H20N2O3S/c1-23(17-8-10-18(11-9-17)27-14-20(24)25)19-12-16(13-22-21(19)26-2)15-6-4-3-5-7-15/h3-13H,14H2,1-2H3,(H,24,25). The lowest BCUT2D eigenvalue weighted by atomic mass is 10.1. The van der Waals surface area contributed by atoms with Crippen LogP contribution in [0.5, 0.6) is 5.88 Å². The first-order valence-corrected chi connectivity index (χ1v) is 9.35. The largest absolute Gasteiger partial charge is 0.481 e. The molecule has 0 saturated heterocycles. The molecule has 1 heterocycles. The number of methoxy groups -OCH3 is 1. The minimum atomic E-state index is -0.824. The van der Waals surface area contributed by atoms with Gasteiger partial charge in [-0.05, 0) is 35.9 Å². The van der Waals surface area contributed by atoms with Gasteiger partial charge in [-0.3, -0.25) is 4.79 Å². The smallest absolute Gasteiger partial charge is 0.313 e. The molecule has 0 bridgehead atoms. The summed E-state index contributed by atoms with van der Waals surface area (Å²) < 4.78 is 5.45. The minimum Gasteiger partial charge on any atom is -0.481 e. The van der Waals surface area contributed by atoms with E-state index in [0.29, 0.717) is 5.88 Å². The Kier molecular flexibility index (Phi) is 5.98. The van der Waals surface area contributed by atoms with E-state index in [1.165, 1.54) is 11.8 Å². The average molecular weight is 380 g/mol. The number of aliphatic carboxylic acids is 1. The van der Waals surface area contributed by atoms with Crippen molar-refractivity contribution in [2.75, 3.05) is 24.8 Å². The van der Waals surface area contributed by atoms with E-state index in [2.05, 4.69) is 4.98 Å². The van der Waals surface area contributed by atoms with Gasteiger partial charge in [0.25, 0.3) is 0 Å². The third-order valence-corrected chi connectivity index (χ3v) is 5.08. The lowest BCUT2D eigenvalue weighted by Gasteiger charge is -2.22. The molecule has 6 heteroatoms. The molecule has 0 radical (unpaired) electrons. The highest BCUT2D eigenvalue weighted by molar-refractivity contribution is 8.00.